The highest BCUT2D eigenvalue weighted by atomic mass is 16.1. The van der Waals surface area contributed by atoms with E-state index in [9.17, 15) is 9.59 Å². The molecule has 0 aliphatic rings. The first-order chi connectivity index (χ1) is 8.22. The Balaban J connectivity index is 2.52. The van der Waals surface area contributed by atoms with Gasteiger partial charge in [0.15, 0.2) is 5.78 Å². The summed E-state index contributed by atoms with van der Waals surface area (Å²) in [5, 5.41) is 0. The normalized spacial score (nSPS) is 9.94. The molecule has 0 N–H and O–H groups in total. The zero-order valence-corrected chi connectivity index (χ0v) is 9.51. The summed E-state index contributed by atoms with van der Waals surface area (Å²) in [7, 11) is 0. The first-order valence-corrected chi connectivity index (χ1v) is 5.38. The molecule has 0 radical (unpaired) electrons. The van der Waals surface area contributed by atoms with Crippen molar-refractivity contribution in [3.8, 4) is 11.1 Å². The zero-order valence-electron chi connectivity index (χ0n) is 9.51. The summed E-state index contributed by atoms with van der Waals surface area (Å²) in [4.78, 5) is 22.1. The van der Waals surface area contributed by atoms with E-state index in [4.69, 9.17) is 0 Å². The van der Waals surface area contributed by atoms with Crippen molar-refractivity contribution in [2.45, 2.75) is 6.92 Å². The average Bonchev–Trinajstić information content (AvgIpc) is 2.39. The van der Waals surface area contributed by atoms with Crippen LogP contribution in [0.3, 0.4) is 0 Å². The van der Waals surface area contributed by atoms with Crippen LogP contribution in [-0.2, 0) is 0 Å². The largest absolute Gasteiger partial charge is 0.298 e. The minimum Gasteiger partial charge on any atom is -0.298 e. The monoisotopic (exact) mass is 224 g/mol. The van der Waals surface area contributed by atoms with Crippen LogP contribution in [0.5, 0.6) is 0 Å². The molecule has 0 heterocycles. The van der Waals surface area contributed by atoms with Gasteiger partial charge in [0.1, 0.15) is 6.29 Å². The summed E-state index contributed by atoms with van der Waals surface area (Å²) in [5.74, 6) is 0.0417. The zero-order chi connectivity index (χ0) is 12.3. The smallest absolute Gasteiger partial charge is 0.160 e. The standard InChI is InChI=1S/C15H12O2/c1-11(17)14-4-2-3-5-15(14)13-8-6-12(10-16)7-9-13/h2-10H,1H3. The quantitative estimate of drug-likeness (QED) is 0.591. The number of hydrogen-bond donors (Lipinski definition) is 0. The Morgan fingerprint density at radius 3 is 2.24 bits per heavy atom. The number of rotatable bonds is 3. The van der Waals surface area contributed by atoms with E-state index >= 15 is 0 Å². The fraction of sp³-hybridized carbons (Fsp3) is 0.0667. The third kappa shape index (κ3) is 2.31. The fourth-order valence-electron chi connectivity index (χ4n) is 1.78. The summed E-state index contributed by atoms with van der Waals surface area (Å²) >= 11 is 0. The van der Waals surface area contributed by atoms with E-state index in [1.807, 2.05) is 36.4 Å². The third-order valence-corrected chi connectivity index (χ3v) is 2.66. The van der Waals surface area contributed by atoms with Gasteiger partial charge < -0.3 is 0 Å². The Morgan fingerprint density at radius 2 is 1.65 bits per heavy atom. The topological polar surface area (TPSA) is 34.1 Å². The van der Waals surface area contributed by atoms with Gasteiger partial charge in [-0.15, -0.1) is 0 Å². The highest BCUT2D eigenvalue weighted by Crippen LogP contribution is 2.24. The van der Waals surface area contributed by atoms with Gasteiger partial charge in [-0.25, -0.2) is 0 Å². The maximum Gasteiger partial charge on any atom is 0.160 e. The van der Waals surface area contributed by atoms with Crippen molar-refractivity contribution in [2.75, 3.05) is 0 Å². The molecule has 0 spiro atoms. The second kappa shape index (κ2) is 4.74. The summed E-state index contributed by atoms with van der Waals surface area (Å²) in [6, 6.07) is 14.7. The summed E-state index contributed by atoms with van der Waals surface area (Å²) in [6.45, 7) is 1.55. The van der Waals surface area contributed by atoms with E-state index in [-0.39, 0.29) is 5.78 Å². The second-order valence-electron chi connectivity index (χ2n) is 3.84. The number of ketones is 1. The Bertz CT molecular complexity index is 553. The lowest BCUT2D eigenvalue weighted by atomic mass is 9.97. The molecule has 84 valence electrons. The third-order valence-electron chi connectivity index (χ3n) is 2.66. The van der Waals surface area contributed by atoms with Crippen LogP contribution >= 0.6 is 0 Å². The van der Waals surface area contributed by atoms with Crippen LogP contribution in [-0.4, -0.2) is 12.1 Å². The van der Waals surface area contributed by atoms with Crippen molar-refractivity contribution in [3.05, 3.63) is 59.7 Å². The number of carbonyl (C=O) groups is 2. The molecule has 0 aliphatic heterocycles. The lowest BCUT2D eigenvalue weighted by Gasteiger charge is -2.06. The summed E-state index contributed by atoms with van der Waals surface area (Å²) in [6.07, 6.45) is 0.806. The van der Waals surface area contributed by atoms with Gasteiger partial charge in [-0.3, -0.25) is 9.59 Å². The van der Waals surface area contributed by atoms with Gasteiger partial charge >= 0.3 is 0 Å². The van der Waals surface area contributed by atoms with Crippen LogP contribution in [0.4, 0.5) is 0 Å². The molecule has 0 fully saturated rings. The molecule has 2 heteroatoms. The van der Waals surface area contributed by atoms with Gasteiger partial charge in [0.05, 0.1) is 0 Å². The average molecular weight is 224 g/mol. The van der Waals surface area contributed by atoms with Gasteiger partial charge in [0, 0.05) is 11.1 Å². The maximum absolute atomic E-state index is 11.5. The van der Waals surface area contributed by atoms with Crippen LogP contribution in [0.25, 0.3) is 11.1 Å². The van der Waals surface area contributed by atoms with Gasteiger partial charge in [0.25, 0.3) is 0 Å². The van der Waals surface area contributed by atoms with Crippen LogP contribution < -0.4 is 0 Å². The molecule has 0 atom stereocenters. The van der Waals surface area contributed by atoms with Crippen molar-refractivity contribution in [1.29, 1.82) is 0 Å². The summed E-state index contributed by atoms with van der Waals surface area (Å²) in [5.41, 5.74) is 3.18. The van der Waals surface area contributed by atoms with E-state index in [1.54, 1.807) is 19.1 Å². The lowest BCUT2D eigenvalue weighted by molar-refractivity contribution is 0.101. The van der Waals surface area contributed by atoms with Gasteiger partial charge in [-0.2, -0.15) is 0 Å². The molecule has 2 aromatic rings. The molecule has 17 heavy (non-hydrogen) atoms. The van der Waals surface area contributed by atoms with E-state index < -0.39 is 0 Å². The molecular weight excluding hydrogens is 212 g/mol. The van der Waals surface area contributed by atoms with Crippen LogP contribution in [0.2, 0.25) is 0 Å². The highest BCUT2D eigenvalue weighted by Gasteiger charge is 2.07. The molecule has 0 aliphatic carbocycles. The molecule has 0 amide bonds. The second-order valence-corrected chi connectivity index (χ2v) is 3.84. The van der Waals surface area contributed by atoms with Crippen LogP contribution in [0.15, 0.2) is 48.5 Å². The molecular formula is C15H12O2. The van der Waals surface area contributed by atoms with Gasteiger partial charge in [0.2, 0.25) is 0 Å². The number of Topliss-reactive ketones (excluding diaryl/α,β-unsaturated/α-hetero) is 1. The minimum absolute atomic E-state index is 0.0417. The van der Waals surface area contributed by atoms with Crippen LogP contribution in [0, 0.1) is 0 Å². The first kappa shape index (κ1) is 11.3. The molecule has 0 bridgehead atoms. The molecule has 2 aromatic carbocycles. The van der Waals surface area contributed by atoms with Crippen molar-refractivity contribution in [1.82, 2.24) is 0 Å². The molecule has 0 aromatic heterocycles. The molecule has 0 saturated heterocycles. The van der Waals surface area contributed by atoms with Gasteiger partial charge in [-0.05, 0) is 18.1 Å². The minimum atomic E-state index is 0.0417. The first-order valence-electron chi connectivity index (χ1n) is 5.38. The Hall–Kier alpha value is -2.22. The molecule has 2 rings (SSSR count). The van der Waals surface area contributed by atoms with Crippen molar-refractivity contribution in [2.24, 2.45) is 0 Å². The number of aldehydes is 1. The molecule has 2 nitrogen and oxygen atoms in total. The number of hydrogen-bond acceptors (Lipinski definition) is 2. The SMILES string of the molecule is CC(=O)c1ccccc1-c1ccc(C=O)cc1. The highest BCUT2D eigenvalue weighted by molar-refractivity contribution is 6.00. The van der Waals surface area contributed by atoms with Gasteiger partial charge in [-0.1, -0.05) is 48.5 Å². The van der Waals surface area contributed by atoms with Crippen LogP contribution in [0.1, 0.15) is 27.6 Å². The Labute approximate surface area is 99.9 Å². The summed E-state index contributed by atoms with van der Waals surface area (Å²) < 4.78 is 0. The van der Waals surface area contributed by atoms with E-state index in [1.165, 1.54) is 0 Å². The Kier molecular flexibility index (Phi) is 3.15. The van der Waals surface area contributed by atoms with Crippen molar-refractivity contribution < 1.29 is 9.59 Å². The maximum atomic E-state index is 11.5. The predicted octanol–water partition coefficient (Wildman–Crippen LogP) is 3.37. The van der Waals surface area contributed by atoms with Crippen molar-refractivity contribution >= 4 is 12.1 Å². The van der Waals surface area contributed by atoms with E-state index in [0.717, 1.165) is 17.4 Å². The fourth-order valence-corrected chi connectivity index (χ4v) is 1.78. The number of benzene rings is 2. The molecule has 0 unspecified atom stereocenters. The van der Waals surface area contributed by atoms with E-state index in [0.29, 0.717) is 11.1 Å². The predicted molar refractivity (Wildman–Crippen MR) is 67.3 cm³/mol. The van der Waals surface area contributed by atoms with Crippen molar-refractivity contribution in [3.63, 3.8) is 0 Å². The van der Waals surface area contributed by atoms with E-state index in [2.05, 4.69) is 0 Å². The lowest BCUT2D eigenvalue weighted by Crippen LogP contribution is -1.95. The Morgan fingerprint density at radius 1 is 1.00 bits per heavy atom. The molecule has 0 saturated carbocycles. The number of carbonyl (C=O) groups excluding carboxylic acids is 2.